The molecule has 0 unspecified atom stereocenters. The number of ether oxygens (including phenoxy) is 2. The fraction of sp³-hybridized carbons (Fsp3) is 0.308. The van der Waals surface area contributed by atoms with E-state index in [1.54, 1.807) is 24.1 Å². The van der Waals surface area contributed by atoms with E-state index in [9.17, 15) is 14.7 Å². The second kappa shape index (κ2) is 9.58. The minimum absolute atomic E-state index is 0.0292. The van der Waals surface area contributed by atoms with Crippen LogP contribution in [-0.4, -0.2) is 61.0 Å². The zero-order chi connectivity index (χ0) is 23.7. The average molecular weight is 479 g/mol. The van der Waals surface area contributed by atoms with Crippen LogP contribution in [0, 0.1) is 0 Å². The van der Waals surface area contributed by atoms with E-state index in [1.165, 1.54) is 22.5 Å². The van der Waals surface area contributed by atoms with Gasteiger partial charge in [-0.2, -0.15) is 0 Å². The van der Waals surface area contributed by atoms with Gasteiger partial charge < -0.3 is 19.9 Å². The van der Waals surface area contributed by atoms with Crippen LogP contribution < -0.4 is 5.32 Å². The topological polar surface area (TPSA) is 88.1 Å². The third-order valence-electron chi connectivity index (χ3n) is 6.60. The summed E-state index contributed by atoms with van der Waals surface area (Å²) in [4.78, 5) is 27.4. The Morgan fingerprint density at radius 1 is 1.03 bits per heavy atom. The highest BCUT2D eigenvalue weighted by molar-refractivity contribution is 7.13. The van der Waals surface area contributed by atoms with E-state index in [1.807, 2.05) is 24.3 Å². The smallest absolute Gasteiger partial charge is 0.410 e. The number of carboxylic acid groups (broad SMARTS) is 1. The molecule has 34 heavy (non-hydrogen) atoms. The molecule has 8 heteroatoms. The van der Waals surface area contributed by atoms with Gasteiger partial charge in [0.1, 0.15) is 11.5 Å². The van der Waals surface area contributed by atoms with Gasteiger partial charge in [-0.15, -0.1) is 11.3 Å². The van der Waals surface area contributed by atoms with Gasteiger partial charge >= 0.3 is 12.1 Å². The molecule has 1 aliphatic heterocycles. The van der Waals surface area contributed by atoms with Gasteiger partial charge in [0.15, 0.2) is 0 Å². The monoisotopic (exact) mass is 478 g/mol. The van der Waals surface area contributed by atoms with Crippen LogP contribution in [0.5, 0.6) is 0 Å². The quantitative estimate of drug-likeness (QED) is 0.530. The largest absolute Gasteiger partial charge is 0.477 e. The van der Waals surface area contributed by atoms with Gasteiger partial charge in [-0.25, -0.2) is 9.59 Å². The van der Waals surface area contributed by atoms with Crippen LogP contribution >= 0.6 is 11.3 Å². The summed E-state index contributed by atoms with van der Waals surface area (Å²) in [7, 11) is 1.63. The van der Waals surface area contributed by atoms with E-state index >= 15 is 0 Å². The van der Waals surface area contributed by atoms with Crippen molar-refractivity contribution in [3.05, 3.63) is 81.5 Å². The number of hydrogen-bond acceptors (Lipinski definition) is 6. The molecule has 2 N–H and O–H groups in total. The molecular formula is C26H26N2O5S. The highest BCUT2D eigenvalue weighted by atomic mass is 32.1. The number of hydrogen-bond donors (Lipinski definition) is 2. The fourth-order valence-corrected chi connectivity index (χ4v) is 5.78. The maximum absolute atomic E-state index is 13.4. The van der Waals surface area contributed by atoms with Gasteiger partial charge in [0, 0.05) is 31.0 Å². The van der Waals surface area contributed by atoms with Crippen molar-refractivity contribution >= 4 is 23.4 Å². The summed E-state index contributed by atoms with van der Waals surface area (Å²) in [5.74, 6) is -1.00. The van der Waals surface area contributed by atoms with E-state index in [-0.39, 0.29) is 36.1 Å². The molecule has 1 saturated heterocycles. The Hall–Kier alpha value is -3.20. The maximum Gasteiger partial charge on any atom is 0.410 e. The van der Waals surface area contributed by atoms with E-state index in [4.69, 9.17) is 9.47 Å². The van der Waals surface area contributed by atoms with Crippen LogP contribution in [0.1, 0.15) is 31.6 Å². The van der Waals surface area contributed by atoms with Crippen LogP contribution in [0.25, 0.3) is 11.1 Å². The van der Waals surface area contributed by atoms with E-state index in [0.717, 1.165) is 16.0 Å². The Bertz CT molecular complexity index is 1160. The van der Waals surface area contributed by atoms with Crippen LogP contribution in [0.4, 0.5) is 4.79 Å². The number of thiophene rings is 1. The van der Waals surface area contributed by atoms with Crippen molar-refractivity contribution in [3.8, 4) is 11.1 Å². The van der Waals surface area contributed by atoms with Crippen LogP contribution in [0.3, 0.4) is 0 Å². The lowest BCUT2D eigenvalue weighted by atomic mass is 9.98. The summed E-state index contributed by atoms with van der Waals surface area (Å²) in [6, 6.07) is 19.6. The first-order valence-electron chi connectivity index (χ1n) is 11.2. The Morgan fingerprint density at radius 2 is 1.71 bits per heavy atom. The molecule has 2 heterocycles. The number of amides is 1. The molecule has 2 aliphatic rings. The molecule has 0 radical (unpaired) electrons. The summed E-state index contributed by atoms with van der Waals surface area (Å²) < 4.78 is 11.5. The SMILES string of the molecule is CO[C@@H]1CNC[C@H]1N(Cc1ccc(C(=O)O)s1)C(=O)OCC1c2ccccc2-c2ccccc21. The molecule has 176 valence electrons. The Morgan fingerprint density at radius 3 is 2.32 bits per heavy atom. The highest BCUT2D eigenvalue weighted by Crippen LogP contribution is 2.44. The minimum atomic E-state index is -0.971. The van der Waals surface area contributed by atoms with Crippen molar-refractivity contribution in [1.29, 1.82) is 0 Å². The van der Waals surface area contributed by atoms with Crippen LogP contribution in [-0.2, 0) is 16.0 Å². The molecule has 1 fully saturated rings. The third kappa shape index (κ3) is 4.20. The Balaban J connectivity index is 1.37. The molecule has 0 saturated carbocycles. The summed E-state index contributed by atoms with van der Waals surface area (Å²) in [6.07, 6.45) is -0.595. The van der Waals surface area contributed by atoms with Gasteiger partial charge in [0.25, 0.3) is 0 Å². The summed E-state index contributed by atoms with van der Waals surface area (Å²) in [5.41, 5.74) is 4.67. The molecular weight excluding hydrogens is 452 g/mol. The van der Waals surface area contributed by atoms with E-state index < -0.39 is 12.1 Å². The number of nitrogens with zero attached hydrogens (tertiary/aromatic N) is 1. The van der Waals surface area contributed by atoms with Gasteiger partial charge in [-0.05, 0) is 34.4 Å². The average Bonchev–Trinajstić information content (AvgIpc) is 3.58. The zero-order valence-electron chi connectivity index (χ0n) is 18.8. The molecule has 2 atom stereocenters. The number of fused-ring (bicyclic) bond motifs is 3. The number of nitrogens with one attached hydrogen (secondary N) is 1. The number of aromatic carboxylic acids is 1. The molecule has 0 spiro atoms. The number of carbonyl (C=O) groups is 2. The molecule has 3 aromatic rings. The van der Waals surface area contributed by atoms with Crippen LogP contribution in [0.2, 0.25) is 0 Å². The minimum Gasteiger partial charge on any atom is -0.477 e. The van der Waals surface area contributed by atoms with Crippen molar-refractivity contribution in [2.75, 3.05) is 26.8 Å². The molecule has 1 amide bonds. The predicted octanol–water partition coefficient (Wildman–Crippen LogP) is 4.18. The number of rotatable bonds is 7. The maximum atomic E-state index is 13.4. The van der Waals surface area contributed by atoms with Crippen molar-refractivity contribution in [2.45, 2.75) is 24.6 Å². The van der Waals surface area contributed by atoms with E-state index in [0.29, 0.717) is 13.1 Å². The number of carbonyl (C=O) groups excluding carboxylic acids is 1. The number of methoxy groups -OCH3 is 1. The van der Waals surface area contributed by atoms with Crippen molar-refractivity contribution in [3.63, 3.8) is 0 Å². The van der Waals surface area contributed by atoms with E-state index in [2.05, 4.69) is 29.6 Å². The molecule has 1 aromatic heterocycles. The van der Waals surface area contributed by atoms with Crippen molar-refractivity contribution in [1.82, 2.24) is 10.2 Å². The molecule has 2 aromatic carbocycles. The Kier molecular flexibility index (Phi) is 6.36. The highest BCUT2D eigenvalue weighted by Gasteiger charge is 2.37. The predicted molar refractivity (Wildman–Crippen MR) is 129 cm³/mol. The van der Waals surface area contributed by atoms with Gasteiger partial charge in [-0.3, -0.25) is 4.90 Å². The summed E-state index contributed by atoms with van der Waals surface area (Å²) in [5, 5.41) is 12.6. The lowest BCUT2D eigenvalue weighted by Crippen LogP contribution is -2.47. The van der Waals surface area contributed by atoms with Gasteiger partial charge in [0.2, 0.25) is 0 Å². The molecule has 5 rings (SSSR count). The van der Waals surface area contributed by atoms with Crippen molar-refractivity contribution in [2.24, 2.45) is 0 Å². The molecule has 1 aliphatic carbocycles. The molecule has 7 nitrogen and oxygen atoms in total. The number of benzene rings is 2. The second-order valence-electron chi connectivity index (χ2n) is 8.50. The first-order chi connectivity index (χ1) is 16.6. The van der Waals surface area contributed by atoms with Gasteiger partial charge in [0.05, 0.1) is 18.7 Å². The zero-order valence-corrected chi connectivity index (χ0v) is 19.6. The second-order valence-corrected chi connectivity index (χ2v) is 9.67. The third-order valence-corrected chi connectivity index (χ3v) is 7.66. The lowest BCUT2D eigenvalue weighted by molar-refractivity contribution is 0.0288. The lowest BCUT2D eigenvalue weighted by Gasteiger charge is -2.31. The van der Waals surface area contributed by atoms with Gasteiger partial charge in [-0.1, -0.05) is 48.5 Å². The number of carboxylic acids is 1. The standard InChI is InChI=1S/C26H26N2O5S/c1-32-23-13-27-12-22(23)28(14-16-10-11-24(34-16)25(29)30)26(31)33-15-21-19-8-4-2-6-17(19)18-7-3-5-9-20(18)21/h2-11,21-23,27H,12-15H2,1H3,(H,29,30)/t22-,23-/m1/s1. The fourth-order valence-electron chi connectivity index (χ4n) is 4.93. The van der Waals surface area contributed by atoms with Crippen LogP contribution in [0.15, 0.2) is 60.7 Å². The molecule has 0 bridgehead atoms. The normalized spacial score (nSPS) is 19.0. The summed E-state index contributed by atoms with van der Waals surface area (Å²) >= 11 is 1.17. The first kappa shape index (κ1) is 22.6. The first-order valence-corrected chi connectivity index (χ1v) is 12.1. The summed E-state index contributed by atoms with van der Waals surface area (Å²) in [6.45, 7) is 1.71. The van der Waals surface area contributed by atoms with Crippen molar-refractivity contribution < 1.29 is 24.2 Å². The Labute approximate surface area is 201 Å².